The number of nitrogens with two attached hydrogens (primary N) is 1. The second-order valence-electron chi connectivity index (χ2n) is 3.91. The second kappa shape index (κ2) is 8.21. The lowest BCUT2D eigenvalue weighted by molar-refractivity contribution is -0.149. The molecule has 0 heterocycles. The Kier molecular flexibility index (Phi) is 8.14. The molecule has 3 nitrogen and oxygen atoms in total. The third kappa shape index (κ3) is 6.35. The monoisotopic (exact) mass is 203 g/mol. The molecule has 0 aromatic rings. The molecule has 0 aliphatic heterocycles. The zero-order valence-corrected chi connectivity index (χ0v) is 9.95. The lowest BCUT2D eigenvalue weighted by atomic mass is 10.0. The molecule has 0 saturated heterocycles. The molecule has 0 fully saturated rings. The Bertz CT molecular complexity index is 122. The Labute approximate surface area is 88.0 Å². The molecule has 1 unspecified atom stereocenters. The van der Waals surface area contributed by atoms with E-state index in [9.17, 15) is 0 Å². The summed E-state index contributed by atoms with van der Waals surface area (Å²) >= 11 is 0. The molecule has 0 amide bonds. The van der Waals surface area contributed by atoms with Crippen molar-refractivity contribution in [1.29, 1.82) is 0 Å². The first-order valence-electron chi connectivity index (χ1n) is 5.60. The van der Waals surface area contributed by atoms with Gasteiger partial charge in [0.2, 0.25) is 0 Å². The molecular formula is C11H25NO2. The smallest absolute Gasteiger partial charge is 0.172 e. The summed E-state index contributed by atoms with van der Waals surface area (Å²) in [7, 11) is 0. The van der Waals surface area contributed by atoms with Crippen LogP contribution in [0.25, 0.3) is 0 Å². The maximum Gasteiger partial charge on any atom is 0.172 e. The molecule has 1 atom stereocenters. The summed E-state index contributed by atoms with van der Waals surface area (Å²) in [6.45, 7) is 9.62. The maximum absolute atomic E-state index is 5.99. The van der Waals surface area contributed by atoms with E-state index in [4.69, 9.17) is 15.2 Å². The number of rotatable bonds is 8. The van der Waals surface area contributed by atoms with E-state index in [2.05, 4.69) is 13.8 Å². The van der Waals surface area contributed by atoms with Gasteiger partial charge >= 0.3 is 0 Å². The van der Waals surface area contributed by atoms with Gasteiger partial charge in [-0.05, 0) is 32.6 Å². The van der Waals surface area contributed by atoms with Crippen LogP contribution in [0.4, 0.5) is 0 Å². The first kappa shape index (κ1) is 13.9. The van der Waals surface area contributed by atoms with Crippen LogP contribution in [-0.4, -0.2) is 25.5 Å². The molecule has 0 aromatic carbocycles. The lowest BCUT2D eigenvalue weighted by Crippen LogP contribution is -2.39. The van der Waals surface area contributed by atoms with Gasteiger partial charge in [-0.15, -0.1) is 0 Å². The number of ether oxygens (including phenoxy) is 2. The topological polar surface area (TPSA) is 44.5 Å². The maximum atomic E-state index is 5.99. The quantitative estimate of drug-likeness (QED) is 0.615. The third-order valence-electron chi connectivity index (χ3n) is 2.09. The van der Waals surface area contributed by atoms with Crippen molar-refractivity contribution in [1.82, 2.24) is 0 Å². The van der Waals surface area contributed by atoms with E-state index in [0.717, 1.165) is 12.8 Å². The van der Waals surface area contributed by atoms with Gasteiger partial charge in [-0.25, -0.2) is 0 Å². The highest BCUT2D eigenvalue weighted by atomic mass is 16.7. The number of hydrogen-bond donors (Lipinski definition) is 1. The van der Waals surface area contributed by atoms with Gasteiger partial charge in [0.05, 0.1) is 6.04 Å². The highest BCUT2D eigenvalue weighted by molar-refractivity contribution is 4.66. The molecule has 0 radical (unpaired) electrons. The fourth-order valence-electron chi connectivity index (χ4n) is 1.29. The average Bonchev–Trinajstić information content (AvgIpc) is 2.14. The minimum absolute atomic E-state index is 0.00250. The Morgan fingerprint density at radius 2 is 1.50 bits per heavy atom. The summed E-state index contributed by atoms with van der Waals surface area (Å²) in [6.07, 6.45) is 1.85. The van der Waals surface area contributed by atoms with Crippen molar-refractivity contribution in [2.75, 3.05) is 13.2 Å². The molecular weight excluding hydrogens is 178 g/mol. The van der Waals surface area contributed by atoms with Crippen LogP contribution in [0.2, 0.25) is 0 Å². The molecule has 0 aromatic heterocycles. The Morgan fingerprint density at radius 3 is 1.86 bits per heavy atom. The van der Waals surface area contributed by atoms with Gasteiger partial charge in [-0.2, -0.15) is 0 Å². The van der Waals surface area contributed by atoms with Crippen molar-refractivity contribution in [2.24, 2.45) is 11.7 Å². The van der Waals surface area contributed by atoms with E-state index in [1.54, 1.807) is 0 Å². The van der Waals surface area contributed by atoms with Gasteiger partial charge in [0.1, 0.15) is 0 Å². The number of hydrogen-bond acceptors (Lipinski definition) is 3. The first-order valence-corrected chi connectivity index (χ1v) is 5.60. The van der Waals surface area contributed by atoms with E-state index in [-0.39, 0.29) is 12.3 Å². The van der Waals surface area contributed by atoms with Gasteiger partial charge in [0.25, 0.3) is 0 Å². The van der Waals surface area contributed by atoms with Crippen LogP contribution >= 0.6 is 0 Å². The normalized spacial score (nSPS) is 13.9. The van der Waals surface area contributed by atoms with Gasteiger partial charge in [-0.3, -0.25) is 0 Å². The summed E-state index contributed by atoms with van der Waals surface area (Å²) < 4.78 is 10.9. The summed E-state index contributed by atoms with van der Waals surface area (Å²) in [4.78, 5) is 0. The van der Waals surface area contributed by atoms with Crippen LogP contribution in [0.15, 0.2) is 0 Å². The molecule has 0 aliphatic rings. The minimum Gasteiger partial charge on any atom is -0.351 e. The fourth-order valence-corrected chi connectivity index (χ4v) is 1.29. The minimum atomic E-state index is -0.233. The van der Waals surface area contributed by atoms with Gasteiger partial charge in [-0.1, -0.05) is 13.8 Å². The van der Waals surface area contributed by atoms with Gasteiger partial charge < -0.3 is 15.2 Å². The van der Waals surface area contributed by atoms with Gasteiger partial charge in [0, 0.05) is 13.2 Å². The molecule has 0 aliphatic carbocycles. The van der Waals surface area contributed by atoms with Crippen LogP contribution in [0.1, 0.15) is 40.5 Å². The zero-order chi connectivity index (χ0) is 11.0. The molecule has 14 heavy (non-hydrogen) atoms. The largest absolute Gasteiger partial charge is 0.351 e. The van der Waals surface area contributed by atoms with E-state index in [0.29, 0.717) is 19.1 Å². The molecule has 0 bridgehead atoms. The Balaban J connectivity index is 3.81. The van der Waals surface area contributed by atoms with Crippen LogP contribution < -0.4 is 5.73 Å². The van der Waals surface area contributed by atoms with Crippen LogP contribution in [0, 0.1) is 5.92 Å². The molecule has 0 spiro atoms. The first-order chi connectivity index (χ1) is 6.61. The van der Waals surface area contributed by atoms with Crippen LogP contribution in [-0.2, 0) is 9.47 Å². The fraction of sp³-hybridized carbons (Fsp3) is 1.00. The highest BCUT2D eigenvalue weighted by Gasteiger charge is 2.17. The summed E-state index contributed by atoms with van der Waals surface area (Å²) in [5.41, 5.74) is 5.99. The van der Waals surface area contributed by atoms with Crippen LogP contribution in [0.5, 0.6) is 0 Å². The van der Waals surface area contributed by atoms with Gasteiger partial charge in [0.15, 0.2) is 6.29 Å². The lowest BCUT2D eigenvalue weighted by Gasteiger charge is -2.23. The SMILES string of the molecule is CCOC(OCC)C(N)CCC(C)C. The van der Waals surface area contributed by atoms with Crippen molar-refractivity contribution in [3.05, 3.63) is 0 Å². The molecule has 0 saturated carbocycles. The van der Waals surface area contributed by atoms with Crippen molar-refractivity contribution >= 4 is 0 Å². The predicted octanol–water partition coefficient (Wildman–Crippen LogP) is 2.15. The predicted molar refractivity (Wildman–Crippen MR) is 59.1 cm³/mol. The standard InChI is InChI=1S/C11H25NO2/c1-5-13-11(14-6-2)10(12)8-7-9(3)4/h9-11H,5-8,12H2,1-4H3. The average molecular weight is 203 g/mol. The molecule has 0 rings (SSSR count). The van der Waals surface area contributed by atoms with Crippen molar-refractivity contribution in [3.63, 3.8) is 0 Å². The van der Waals surface area contributed by atoms with E-state index in [1.165, 1.54) is 0 Å². The summed E-state index contributed by atoms with van der Waals surface area (Å²) in [5.74, 6) is 0.685. The molecule has 2 N–H and O–H groups in total. The molecule has 3 heteroatoms. The van der Waals surface area contributed by atoms with Crippen LogP contribution in [0.3, 0.4) is 0 Å². The Hall–Kier alpha value is -0.120. The van der Waals surface area contributed by atoms with E-state index in [1.807, 2.05) is 13.8 Å². The highest BCUT2D eigenvalue weighted by Crippen LogP contribution is 2.10. The van der Waals surface area contributed by atoms with Crippen molar-refractivity contribution in [3.8, 4) is 0 Å². The summed E-state index contributed by atoms with van der Waals surface area (Å²) in [5, 5.41) is 0. The van der Waals surface area contributed by atoms with E-state index < -0.39 is 0 Å². The molecule has 86 valence electrons. The van der Waals surface area contributed by atoms with Crippen molar-refractivity contribution in [2.45, 2.75) is 52.9 Å². The summed E-state index contributed by atoms with van der Waals surface area (Å²) in [6, 6.07) is -0.00250. The Morgan fingerprint density at radius 1 is 1.00 bits per heavy atom. The van der Waals surface area contributed by atoms with Crippen molar-refractivity contribution < 1.29 is 9.47 Å². The van der Waals surface area contributed by atoms with E-state index >= 15 is 0 Å². The zero-order valence-electron chi connectivity index (χ0n) is 9.95. The third-order valence-corrected chi connectivity index (χ3v) is 2.09. The second-order valence-corrected chi connectivity index (χ2v) is 3.91.